The summed E-state index contributed by atoms with van der Waals surface area (Å²) in [5.74, 6) is -0.0943. The van der Waals surface area contributed by atoms with Gasteiger partial charge in [-0.3, -0.25) is 15.0 Å². The van der Waals surface area contributed by atoms with Gasteiger partial charge in [0.2, 0.25) is 5.91 Å². The summed E-state index contributed by atoms with van der Waals surface area (Å²) in [4.78, 5) is 21.8. The number of aromatic nitrogens is 1. The zero-order valence-corrected chi connectivity index (χ0v) is 18.9. The number of hydrazine groups is 1. The number of rotatable bonds is 2. The van der Waals surface area contributed by atoms with E-state index < -0.39 is 0 Å². The van der Waals surface area contributed by atoms with Crippen molar-refractivity contribution in [2.24, 2.45) is 17.1 Å². The molecule has 4 aliphatic heterocycles. The van der Waals surface area contributed by atoms with Gasteiger partial charge in [0.1, 0.15) is 10.9 Å². The van der Waals surface area contributed by atoms with Crippen LogP contribution >= 0.6 is 15.9 Å². The Balaban J connectivity index is 1.29. The van der Waals surface area contributed by atoms with Crippen molar-refractivity contribution in [3.05, 3.63) is 28.5 Å². The first kappa shape index (κ1) is 20.7. The monoisotopic (exact) mass is 479 g/mol. The standard InChI is InChI=1S/C20H30BrN7O2/c1-11-16(22)20(10-30-11)4-7-28(8-5-20)19-24-17-14(18(29)27(19)2)15(25-26-17)12-3-6-23-13(21)9-12/h3,6,9,11,14-17,19,24-26H,4-5,7-8,10,22H2,1-2H3/t11-,14?,15?,16+,17?,19?/m0/s1. The Hall–Kier alpha value is -1.14. The second kappa shape index (κ2) is 7.77. The maximum absolute atomic E-state index is 13.4. The summed E-state index contributed by atoms with van der Waals surface area (Å²) >= 11 is 3.42. The molecule has 1 spiro atoms. The number of amides is 1. The van der Waals surface area contributed by atoms with Crippen LogP contribution in [0.2, 0.25) is 0 Å². The lowest BCUT2D eigenvalue weighted by atomic mass is 9.73. The Kier molecular flexibility index (Phi) is 5.37. The molecule has 30 heavy (non-hydrogen) atoms. The zero-order chi connectivity index (χ0) is 21.0. The second-order valence-corrected chi connectivity index (χ2v) is 9.92. The number of fused-ring (bicyclic) bond motifs is 1. The highest BCUT2D eigenvalue weighted by atomic mass is 79.9. The van der Waals surface area contributed by atoms with Gasteiger partial charge >= 0.3 is 0 Å². The Morgan fingerprint density at radius 3 is 2.77 bits per heavy atom. The predicted molar refractivity (Wildman–Crippen MR) is 115 cm³/mol. The average molecular weight is 480 g/mol. The lowest BCUT2D eigenvalue weighted by Crippen LogP contribution is -2.70. The number of ether oxygens (including phenoxy) is 1. The third kappa shape index (κ3) is 3.29. The van der Waals surface area contributed by atoms with Crippen molar-refractivity contribution in [3.8, 4) is 0 Å². The summed E-state index contributed by atoms with van der Waals surface area (Å²) in [6.45, 7) is 4.60. The lowest BCUT2D eigenvalue weighted by molar-refractivity contribution is -0.151. The molecule has 4 fully saturated rings. The van der Waals surface area contributed by atoms with Crippen LogP contribution in [-0.2, 0) is 9.53 Å². The average Bonchev–Trinajstić information content (AvgIpc) is 3.29. The highest BCUT2D eigenvalue weighted by molar-refractivity contribution is 9.10. The highest BCUT2D eigenvalue weighted by Crippen LogP contribution is 2.42. The Bertz CT molecular complexity index is 818. The molecule has 0 aromatic carbocycles. The molecule has 10 heteroatoms. The molecule has 4 aliphatic rings. The van der Waals surface area contributed by atoms with Gasteiger partial charge in [0.25, 0.3) is 0 Å². The first-order valence-electron chi connectivity index (χ1n) is 10.7. The van der Waals surface area contributed by atoms with Gasteiger partial charge in [-0.05, 0) is 53.4 Å². The summed E-state index contributed by atoms with van der Waals surface area (Å²) in [5.41, 5.74) is 14.2. The number of nitrogens with two attached hydrogens (primary N) is 1. The van der Waals surface area contributed by atoms with Gasteiger partial charge < -0.3 is 15.4 Å². The number of likely N-dealkylation sites (tertiary alicyclic amines) is 1. The first-order chi connectivity index (χ1) is 14.4. The topological polar surface area (TPSA) is 108 Å². The normalized spacial score (nSPS) is 38.9. The molecular formula is C20H30BrN7O2. The highest BCUT2D eigenvalue weighted by Gasteiger charge is 2.52. The third-order valence-electron chi connectivity index (χ3n) is 7.54. The Morgan fingerprint density at radius 1 is 1.33 bits per heavy atom. The van der Waals surface area contributed by atoms with E-state index in [0.29, 0.717) is 0 Å². The van der Waals surface area contributed by atoms with Gasteiger partial charge in [-0.15, -0.1) is 0 Å². The minimum atomic E-state index is -0.228. The van der Waals surface area contributed by atoms with E-state index in [1.807, 2.05) is 24.1 Å². The third-order valence-corrected chi connectivity index (χ3v) is 7.97. The zero-order valence-electron chi connectivity index (χ0n) is 17.3. The van der Waals surface area contributed by atoms with Crippen molar-refractivity contribution in [1.29, 1.82) is 0 Å². The van der Waals surface area contributed by atoms with Crippen LogP contribution in [0.25, 0.3) is 0 Å². The SMILES string of the molecule is C[C@@H]1OCC2(CCN(C3NC4NNC(c5ccnc(Br)c5)C4C(=O)N3C)CC2)[C@@H]1N. The molecule has 6 atom stereocenters. The summed E-state index contributed by atoms with van der Waals surface area (Å²) in [5, 5.41) is 3.65. The number of carbonyl (C=O) groups is 1. The van der Waals surface area contributed by atoms with Crippen LogP contribution in [-0.4, -0.2) is 72.0 Å². The molecule has 4 saturated heterocycles. The molecule has 5 heterocycles. The number of piperidine rings is 1. The number of hydrogen-bond acceptors (Lipinski definition) is 8. The van der Waals surface area contributed by atoms with Crippen LogP contribution in [0, 0.1) is 11.3 Å². The predicted octanol–water partition coefficient (Wildman–Crippen LogP) is 0.109. The van der Waals surface area contributed by atoms with Gasteiger partial charge in [-0.1, -0.05) is 0 Å². The van der Waals surface area contributed by atoms with E-state index >= 15 is 0 Å². The van der Waals surface area contributed by atoms with E-state index in [-0.39, 0.29) is 47.9 Å². The van der Waals surface area contributed by atoms with Crippen molar-refractivity contribution >= 4 is 21.8 Å². The number of hydrogen-bond donors (Lipinski definition) is 4. The molecule has 164 valence electrons. The summed E-state index contributed by atoms with van der Waals surface area (Å²) in [6, 6.07) is 3.88. The number of pyridine rings is 1. The van der Waals surface area contributed by atoms with Crippen LogP contribution in [0.3, 0.4) is 0 Å². The summed E-state index contributed by atoms with van der Waals surface area (Å²) < 4.78 is 6.61. The molecule has 0 saturated carbocycles. The van der Waals surface area contributed by atoms with Crippen LogP contribution in [0.1, 0.15) is 31.4 Å². The Labute approximate surface area is 185 Å². The minimum Gasteiger partial charge on any atom is -0.376 e. The molecule has 0 bridgehead atoms. The Morgan fingerprint density at radius 2 is 2.10 bits per heavy atom. The molecule has 1 aromatic rings. The van der Waals surface area contributed by atoms with Crippen molar-refractivity contribution in [1.82, 2.24) is 31.0 Å². The van der Waals surface area contributed by atoms with Crippen molar-refractivity contribution in [2.45, 2.75) is 50.4 Å². The van der Waals surface area contributed by atoms with Crippen LogP contribution in [0.4, 0.5) is 0 Å². The van der Waals surface area contributed by atoms with E-state index in [2.05, 4.69) is 48.9 Å². The lowest BCUT2D eigenvalue weighted by Gasteiger charge is -2.49. The minimum absolute atomic E-state index is 0.0721. The molecule has 0 radical (unpaired) electrons. The molecule has 1 amide bonds. The first-order valence-corrected chi connectivity index (χ1v) is 11.5. The second-order valence-electron chi connectivity index (χ2n) is 9.11. The van der Waals surface area contributed by atoms with Crippen molar-refractivity contribution in [3.63, 3.8) is 0 Å². The van der Waals surface area contributed by atoms with Gasteiger partial charge in [0.05, 0.1) is 30.8 Å². The molecular weight excluding hydrogens is 450 g/mol. The van der Waals surface area contributed by atoms with Gasteiger partial charge in [0, 0.05) is 37.8 Å². The fourth-order valence-electron chi connectivity index (χ4n) is 5.55. The van der Waals surface area contributed by atoms with Gasteiger partial charge in [0.15, 0.2) is 0 Å². The number of halogens is 1. The van der Waals surface area contributed by atoms with Crippen LogP contribution in [0.15, 0.2) is 22.9 Å². The molecule has 9 nitrogen and oxygen atoms in total. The van der Waals surface area contributed by atoms with E-state index in [0.717, 1.165) is 42.7 Å². The maximum atomic E-state index is 13.4. The van der Waals surface area contributed by atoms with E-state index in [4.69, 9.17) is 10.5 Å². The quantitative estimate of drug-likeness (QED) is 0.442. The molecule has 1 aromatic heterocycles. The van der Waals surface area contributed by atoms with E-state index in [1.54, 1.807) is 6.20 Å². The molecule has 5 N–H and O–H groups in total. The summed E-state index contributed by atoms with van der Waals surface area (Å²) in [7, 11) is 1.89. The number of nitrogens with one attached hydrogen (secondary N) is 3. The van der Waals surface area contributed by atoms with E-state index in [1.165, 1.54) is 0 Å². The van der Waals surface area contributed by atoms with Crippen LogP contribution < -0.4 is 21.9 Å². The maximum Gasteiger partial charge on any atom is 0.232 e. The molecule has 5 rings (SSSR count). The fraction of sp³-hybridized carbons (Fsp3) is 0.700. The molecule has 4 unspecified atom stereocenters. The largest absolute Gasteiger partial charge is 0.376 e. The summed E-state index contributed by atoms with van der Waals surface area (Å²) in [6.07, 6.45) is 3.59. The van der Waals surface area contributed by atoms with Crippen molar-refractivity contribution in [2.75, 3.05) is 26.7 Å². The van der Waals surface area contributed by atoms with Crippen molar-refractivity contribution < 1.29 is 9.53 Å². The number of nitrogens with zero attached hydrogens (tertiary/aromatic N) is 3. The van der Waals surface area contributed by atoms with Gasteiger partial charge in [-0.25, -0.2) is 15.8 Å². The van der Waals surface area contributed by atoms with E-state index in [9.17, 15) is 4.79 Å². The smallest absolute Gasteiger partial charge is 0.232 e. The number of carbonyl (C=O) groups excluding carboxylic acids is 1. The fourth-order valence-corrected chi connectivity index (χ4v) is 5.93. The van der Waals surface area contributed by atoms with Crippen LogP contribution in [0.5, 0.6) is 0 Å². The molecule has 0 aliphatic carbocycles. The van der Waals surface area contributed by atoms with Gasteiger partial charge in [-0.2, -0.15) is 0 Å².